The molecule has 1 saturated heterocycles. The molecule has 222 valence electrons. The molecule has 1 fully saturated rings. The third-order valence-corrected chi connectivity index (χ3v) is 9.40. The molecule has 3 aliphatic heterocycles. The molecule has 0 saturated carbocycles. The predicted molar refractivity (Wildman–Crippen MR) is 171 cm³/mol. The van der Waals surface area contributed by atoms with E-state index in [-0.39, 0.29) is 17.5 Å². The standard InChI is InChI=1S/C38H30N2O5/c1-2-21-44-30-18-10-6-14-26(30)34(41)33-32(35(42)31-22-24-12-4-9-17-29(24)45-31)38(27-15-7-8-16-28(27)39-37(38)43)36-25-13-5-3-11-23(25)19-20-40(33)36/h3-20,22,32-33,36H,2,21H2,1H3,(H,39,43)/t32-,33-,36+,38+/m0/s1. The highest BCUT2D eigenvalue weighted by Gasteiger charge is 2.71. The summed E-state index contributed by atoms with van der Waals surface area (Å²) in [7, 11) is 0. The number of amides is 1. The summed E-state index contributed by atoms with van der Waals surface area (Å²) in [5.41, 5.74) is 2.63. The first-order valence-corrected chi connectivity index (χ1v) is 15.3. The number of nitrogens with one attached hydrogen (secondary N) is 1. The summed E-state index contributed by atoms with van der Waals surface area (Å²) in [6, 6.07) is 29.9. The molecule has 3 aliphatic rings. The lowest BCUT2D eigenvalue weighted by atomic mass is 9.63. The number of carbonyl (C=O) groups excluding carboxylic acids is 3. The lowest BCUT2D eigenvalue weighted by Crippen LogP contribution is -2.49. The monoisotopic (exact) mass is 594 g/mol. The Morgan fingerprint density at radius 1 is 0.911 bits per heavy atom. The van der Waals surface area contributed by atoms with Gasteiger partial charge in [0.15, 0.2) is 11.5 Å². The van der Waals surface area contributed by atoms with Gasteiger partial charge in [-0.05, 0) is 59.5 Å². The number of hydrogen-bond acceptors (Lipinski definition) is 6. The van der Waals surface area contributed by atoms with E-state index in [1.54, 1.807) is 30.3 Å². The molecule has 0 bridgehead atoms. The molecule has 4 atom stereocenters. The van der Waals surface area contributed by atoms with Crippen LogP contribution in [0.2, 0.25) is 0 Å². The van der Waals surface area contributed by atoms with Gasteiger partial charge in [-0.2, -0.15) is 0 Å². The minimum absolute atomic E-state index is 0.114. The second kappa shape index (κ2) is 10.3. The highest BCUT2D eigenvalue weighted by molar-refractivity contribution is 6.17. The maximum Gasteiger partial charge on any atom is 0.238 e. The van der Waals surface area contributed by atoms with Gasteiger partial charge in [-0.15, -0.1) is 0 Å². The third-order valence-electron chi connectivity index (χ3n) is 9.40. The van der Waals surface area contributed by atoms with Crippen molar-refractivity contribution in [3.63, 3.8) is 0 Å². The molecule has 5 aromatic rings. The zero-order valence-corrected chi connectivity index (χ0v) is 24.6. The summed E-state index contributed by atoms with van der Waals surface area (Å²) in [4.78, 5) is 46.7. The van der Waals surface area contributed by atoms with Gasteiger partial charge in [0.25, 0.3) is 0 Å². The number of para-hydroxylation sites is 3. The highest BCUT2D eigenvalue weighted by atomic mass is 16.5. The van der Waals surface area contributed by atoms with Gasteiger partial charge >= 0.3 is 0 Å². The van der Waals surface area contributed by atoms with Crippen LogP contribution in [0.4, 0.5) is 5.69 Å². The molecule has 4 heterocycles. The highest BCUT2D eigenvalue weighted by Crippen LogP contribution is 2.62. The molecule has 8 rings (SSSR count). The van der Waals surface area contributed by atoms with Gasteiger partial charge in [0.2, 0.25) is 11.7 Å². The number of carbonyl (C=O) groups is 3. The Balaban J connectivity index is 1.41. The smallest absolute Gasteiger partial charge is 0.238 e. The van der Waals surface area contributed by atoms with Crippen LogP contribution in [0.15, 0.2) is 114 Å². The predicted octanol–water partition coefficient (Wildman–Crippen LogP) is 7.20. The summed E-state index contributed by atoms with van der Waals surface area (Å²) in [6.45, 7) is 2.44. The molecule has 45 heavy (non-hydrogen) atoms. The summed E-state index contributed by atoms with van der Waals surface area (Å²) in [5.74, 6) is -1.57. The van der Waals surface area contributed by atoms with E-state index in [9.17, 15) is 4.79 Å². The molecule has 7 nitrogen and oxygen atoms in total. The molecular formula is C38H30N2O5. The van der Waals surface area contributed by atoms with Crippen molar-refractivity contribution in [1.29, 1.82) is 0 Å². The van der Waals surface area contributed by atoms with E-state index < -0.39 is 29.2 Å². The van der Waals surface area contributed by atoms with Crippen molar-refractivity contribution >= 4 is 40.2 Å². The zero-order valence-electron chi connectivity index (χ0n) is 24.6. The first-order valence-electron chi connectivity index (χ1n) is 15.3. The Morgan fingerprint density at radius 2 is 1.67 bits per heavy atom. The number of ketones is 2. The minimum Gasteiger partial charge on any atom is -0.493 e. The molecule has 7 heteroatoms. The van der Waals surface area contributed by atoms with Crippen LogP contribution in [-0.2, 0) is 10.2 Å². The summed E-state index contributed by atoms with van der Waals surface area (Å²) < 4.78 is 12.2. The fraction of sp³-hybridized carbons (Fsp3) is 0.184. The molecule has 1 N–H and O–H groups in total. The zero-order chi connectivity index (χ0) is 30.7. The Kier molecular flexibility index (Phi) is 6.24. The first-order chi connectivity index (χ1) is 22.0. The van der Waals surface area contributed by atoms with Crippen LogP contribution in [0.25, 0.3) is 17.0 Å². The van der Waals surface area contributed by atoms with Crippen LogP contribution in [0, 0.1) is 5.92 Å². The lowest BCUT2D eigenvalue weighted by molar-refractivity contribution is -0.122. The molecular weight excluding hydrogens is 564 g/mol. The van der Waals surface area contributed by atoms with E-state index in [0.29, 0.717) is 34.8 Å². The van der Waals surface area contributed by atoms with E-state index in [1.165, 1.54) is 0 Å². The van der Waals surface area contributed by atoms with Crippen LogP contribution < -0.4 is 10.1 Å². The van der Waals surface area contributed by atoms with Crippen molar-refractivity contribution < 1.29 is 23.5 Å². The Hall–Kier alpha value is -5.43. The number of hydrogen-bond donors (Lipinski definition) is 1. The van der Waals surface area contributed by atoms with Crippen molar-refractivity contribution in [1.82, 2.24) is 4.90 Å². The minimum atomic E-state index is -1.44. The Labute approximate surface area is 260 Å². The van der Waals surface area contributed by atoms with Gasteiger partial charge in [0.05, 0.1) is 24.1 Å². The number of ether oxygens (including phenoxy) is 1. The van der Waals surface area contributed by atoms with Crippen molar-refractivity contribution in [2.75, 3.05) is 11.9 Å². The van der Waals surface area contributed by atoms with Gasteiger partial charge in [-0.3, -0.25) is 14.4 Å². The first kappa shape index (κ1) is 27.1. The molecule has 0 unspecified atom stereocenters. The van der Waals surface area contributed by atoms with Crippen LogP contribution in [-0.4, -0.2) is 35.0 Å². The third kappa shape index (κ3) is 3.86. The number of anilines is 1. The number of fused-ring (bicyclic) bond motifs is 7. The molecule has 1 aromatic heterocycles. The fourth-order valence-corrected chi connectivity index (χ4v) is 7.59. The van der Waals surface area contributed by atoms with Crippen LogP contribution >= 0.6 is 0 Å². The van der Waals surface area contributed by atoms with E-state index in [0.717, 1.165) is 22.9 Å². The number of nitrogens with zero attached hydrogens (tertiary/aromatic N) is 1. The molecule has 4 aromatic carbocycles. The van der Waals surface area contributed by atoms with Crippen molar-refractivity contribution in [3.8, 4) is 5.75 Å². The van der Waals surface area contributed by atoms with Crippen molar-refractivity contribution in [2.45, 2.75) is 30.8 Å². The average molecular weight is 595 g/mol. The van der Waals surface area contributed by atoms with E-state index in [2.05, 4.69) is 5.32 Å². The maximum atomic E-state index is 15.1. The van der Waals surface area contributed by atoms with E-state index in [1.807, 2.05) is 96.9 Å². The van der Waals surface area contributed by atoms with Gasteiger partial charge in [0, 0.05) is 17.3 Å². The number of benzene rings is 4. The fourth-order valence-electron chi connectivity index (χ4n) is 7.59. The van der Waals surface area contributed by atoms with Gasteiger partial charge in [-0.25, -0.2) is 0 Å². The SMILES string of the molecule is CCCOc1ccccc1C(=O)[C@@H]1[C@@H](C(=O)c2cc3ccccc3o2)[C@@]2(C(=O)Nc3ccccc32)[C@H]2c3ccccc3C=CN12. The lowest BCUT2D eigenvalue weighted by Gasteiger charge is -2.38. The summed E-state index contributed by atoms with van der Waals surface area (Å²) in [6.07, 6.45) is 4.59. The van der Waals surface area contributed by atoms with Gasteiger partial charge in [0.1, 0.15) is 22.8 Å². The van der Waals surface area contributed by atoms with Crippen LogP contribution in [0.1, 0.15) is 57.0 Å². The second-order valence-electron chi connectivity index (χ2n) is 11.8. The summed E-state index contributed by atoms with van der Waals surface area (Å²) in [5, 5.41) is 3.86. The van der Waals surface area contributed by atoms with Crippen molar-refractivity contribution in [3.05, 3.63) is 137 Å². The largest absolute Gasteiger partial charge is 0.493 e. The Bertz CT molecular complexity index is 2010. The second-order valence-corrected chi connectivity index (χ2v) is 11.8. The maximum absolute atomic E-state index is 15.1. The van der Waals surface area contributed by atoms with E-state index >= 15 is 9.59 Å². The van der Waals surface area contributed by atoms with Crippen LogP contribution in [0.5, 0.6) is 5.75 Å². The van der Waals surface area contributed by atoms with Crippen LogP contribution in [0.3, 0.4) is 0 Å². The van der Waals surface area contributed by atoms with E-state index in [4.69, 9.17) is 9.15 Å². The van der Waals surface area contributed by atoms with Gasteiger partial charge < -0.3 is 19.4 Å². The summed E-state index contributed by atoms with van der Waals surface area (Å²) >= 11 is 0. The van der Waals surface area contributed by atoms with Gasteiger partial charge in [-0.1, -0.05) is 79.7 Å². The molecule has 1 amide bonds. The average Bonchev–Trinajstić information content (AvgIpc) is 3.74. The number of rotatable bonds is 7. The normalized spacial score (nSPS) is 22.6. The quantitative estimate of drug-likeness (QED) is 0.201. The topological polar surface area (TPSA) is 88.9 Å². The molecule has 0 radical (unpaired) electrons. The number of Topliss-reactive ketones (excluding diaryl/α,β-unsaturated/α-hetero) is 2. The molecule has 0 aliphatic carbocycles. The number of furan rings is 1. The van der Waals surface area contributed by atoms with Crippen molar-refractivity contribution in [2.24, 2.45) is 5.92 Å². The Morgan fingerprint density at radius 3 is 2.53 bits per heavy atom. The molecule has 1 spiro atoms.